The van der Waals surface area contributed by atoms with Crippen LogP contribution in [0.25, 0.3) is 0 Å². The van der Waals surface area contributed by atoms with Crippen molar-refractivity contribution in [3.63, 3.8) is 0 Å². The van der Waals surface area contributed by atoms with Crippen LogP contribution in [0.5, 0.6) is 11.5 Å². The molecule has 0 aliphatic rings. The molecule has 0 spiro atoms. The summed E-state index contributed by atoms with van der Waals surface area (Å²) in [4.78, 5) is 0. The van der Waals surface area contributed by atoms with Gasteiger partial charge in [0.15, 0.2) is 0 Å². The molecule has 0 saturated carbocycles. The zero-order valence-electron chi connectivity index (χ0n) is 14.2. The zero-order chi connectivity index (χ0) is 17.0. The molecular formula is C20H26O2S. The van der Waals surface area contributed by atoms with Gasteiger partial charge in [-0.2, -0.15) is 0 Å². The minimum Gasteiger partial charge on any atom is -0.508 e. The molecule has 2 unspecified atom stereocenters. The Morgan fingerprint density at radius 3 is 1.30 bits per heavy atom. The summed E-state index contributed by atoms with van der Waals surface area (Å²) in [5.41, 5.74) is 1.93. The highest BCUT2D eigenvalue weighted by Gasteiger charge is 2.27. The van der Waals surface area contributed by atoms with Gasteiger partial charge in [-0.15, -0.1) is 11.8 Å². The summed E-state index contributed by atoms with van der Waals surface area (Å²) >= 11 is 1.82. The lowest BCUT2D eigenvalue weighted by atomic mass is 10.0. The van der Waals surface area contributed by atoms with Gasteiger partial charge in [0.25, 0.3) is 0 Å². The minimum atomic E-state index is 0.170. The Balaban J connectivity index is 2.37. The van der Waals surface area contributed by atoms with Gasteiger partial charge < -0.3 is 10.2 Å². The number of phenols is 2. The largest absolute Gasteiger partial charge is 0.508 e. The van der Waals surface area contributed by atoms with Crippen molar-refractivity contribution in [2.75, 3.05) is 0 Å². The number of thioether (sulfide) groups is 1. The van der Waals surface area contributed by atoms with Gasteiger partial charge in [-0.05, 0) is 24.0 Å². The summed E-state index contributed by atoms with van der Waals surface area (Å²) < 4.78 is 0. The summed E-state index contributed by atoms with van der Waals surface area (Å²) in [6, 6.07) is 15.1. The number of rotatable bonds is 6. The second-order valence-corrected chi connectivity index (χ2v) is 7.87. The maximum atomic E-state index is 10.2. The van der Waals surface area contributed by atoms with Crippen LogP contribution in [-0.4, -0.2) is 10.2 Å². The van der Waals surface area contributed by atoms with Crippen LogP contribution >= 0.6 is 11.8 Å². The van der Waals surface area contributed by atoms with Crippen molar-refractivity contribution >= 4 is 11.8 Å². The van der Waals surface area contributed by atoms with Crippen molar-refractivity contribution in [3.05, 3.63) is 59.7 Å². The Bertz CT molecular complexity index is 582. The summed E-state index contributed by atoms with van der Waals surface area (Å²) in [5, 5.41) is 20.8. The Morgan fingerprint density at radius 1 is 0.652 bits per heavy atom. The molecule has 0 bridgehead atoms. The van der Waals surface area contributed by atoms with Gasteiger partial charge in [0, 0.05) is 21.6 Å². The molecule has 0 amide bonds. The molecule has 0 saturated heterocycles. The van der Waals surface area contributed by atoms with Crippen LogP contribution in [0, 0.1) is 11.8 Å². The summed E-state index contributed by atoms with van der Waals surface area (Å²) in [5.74, 6) is 1.44. The second-order valence-electron chi connectivity index (χ2n) is 6.58. The number of aromatic hydroxyl groups is 2. The summed E-state index contributed by atoms with van der Waals surface area (Å²) in [7, 11) is 0. The molecule has 0 heterocycles. The highest BCUT2D eigenvalue weighted by Crippen LogP contribution is 2.50. The van der Waals surface area contributed by atoms with Crippen LogP contribution in [0.15, 0.2) is 48.5 Å². The number of phenolic OH excluding ortho intramolecular Hbond substituents is 2. The molecule has 0 fully saturated rings. The number of hydrogen-bond acceptors (Lipinski definition) is 3. The summed E-state index contributed by atoms with van der Waals surface area (Å²) in [6.45, 7) is 8.69. The molecule has 2 nitrogen and oxygen atoms in total. The smallest absolute Gasteiger partial charge is 0.119 e. The topological polar surface area (TPSA) is 40.5 Å². The highest BCUT2D eigenvalue weighted by atomic mass is 32.2. The van der Waals surface area contributed by atoms with Crippen LogP contribution in [-0.2, 0) is 0 Å². The van der Waals surface area contributed by atoms with Gasteiger partial charge in [-0.25, -0.2) is 0 Å². The quantitative estimate of drug-likeness (QED) is 0.690. The third kappa shape index (κ3) is 4.23. The van der Waals surface area contributed by atoms with E-state index in [2.05, 4.69) is 27.7 Å². The maximum absolute atomic E-state index is 10.2. The van der Waals surface area contributed by atoms with Crippen molar-refractivity contribution in [3.8, 4) is 11.5 Å². The van der Waals surface area contributed by atoms with E-state index in [1.165, 1.54) is 0 Å². The Hall–Kier alpha value is -1.61. The molecule has 2 aromatic rings. The standard InChI is InChI=1S/C20H26O2S/c1-13(2)19(15-9-5-7-11-17(15)21)23-20(14(3)4)16-10-6-8-12-18(16)22/h5-14,19-22H,1-4H3. The normalized spacial score (nSPS) is 14.2. The predicted molar refractivity (Wildman–Crippen MR) is 99.0 cm³/mol. The van der Waals surface area contributed by atoms with E-state index < -0.39 is 0 Å². The fraction of sp³-hybridized carbons (Fsp3) is 0.400. The van der Waals surface area contributed by atoms with Crippen molar-refractivity contribution in [1.82, 2.24) is 0 Å². The second kappa shape index (κ2) is 7.78. The molecule has 2 N–H and O–H groups in total. The Morgan fingerprint density at radius 2 is 1.00 bits per heavy atom. The van der Waals surface area contributed by atoms with Crippen LogP contribution in [0.4, 0.5) is 0 Å². The fourth-order valence-corrected chi connectivity index (χ4v) is 4.43. The van der Waals surface area contributed by atoms with E-state index in [1.54, 1.807) is 12.1 Å². The van der Waals surface area contributed by atoms with E-state index in [9.17, 15) is 10.2 Å². The molecule has 0 aliphatic carbocycles. The van der Waals surface area contributed by atoms with Gasteiger partial charge in [-0.1, -0.05) is 64.1 Å². The van der Waals surface area contributed by atoms with E-state index in [0.29, 0.717) is 23.3 Å². The molecular weight excluding hydrogens is 304 g/mol. The van der Waals surface area contributed by atoms with Crippen LogP contribution < -0.4 is 0 Å². The van der Waals surface area contributed by atoms with E-state index in [4.69, 9.17) is 0 Å². The molecule has 0 aliphatic heterocycles. The summed E-state index contributed by atoms with van der Waals surface area (Å²) in [6.07, 6.45) is 0. The average molecular weight is 330 g/mol. The third-order valence-electron chi connectivity index (χ3n) is 3.99. The lowest BCUT2D eigenvalue weighted by molar-refractivity contribution is 0.457. The van der Waals surface area contributed by atoms with E-state index in [1.807, 2.05) is 48.2 Å². The molecule has 2 atom stereocenters. The predicted octanol–water partition coefficient (Wildman–Crippen LogP) is 5.93. The average Bonchev–Trinajstić information content (AvgIpc) is 2.50. The number of benzene rings is 2. The lowest BCUT2D eigenvalue weighted by Crippen LogP contribution is -2.10. The number of para-hydroxylation sites is 2. The van der Waals surface area contributed by atoms with Crippen molar-refractivity contribution in [1.29, 1.82) is 0 Å². The van der Waals surface area contributed by atoms with Gasteiger partial charge in [0.05, 0.1) is 0 Å². The molecule has 124 valence electrons. The third-order valence-corrected chi connectivity index (χ3v) is 6.17. The van der Waals surface area contributed by atoms with Gasteiger partial charge in [0.2, 0.25) is 0 Å². The van der Waals surface area contributed by atoms with Gasteiger partial charge in [0.1, 0.15) is 11.5 Å². The van der Waals surface area contributed by atoms with E-state index >= 15 is 0 Å². The van der Waals surface area contributed by atoms with Gasteiger partial charge in [-0.3, -0.25) is 0 Å². The first-order chi connectivity index (χ1) is 10.9. The fourth-order valence-electron chi connectivity index (χ4n) is 2.79. The first kappa shape index (κ1) is 17.7. The molecule has 2 rings (SSSR count). The molecule has 3 heteroatoms. The van der Waals surface area contributed by atoms with Crippen LogP contribution in [0.1, 0.15) is 49.3 Å². The maximum Gasteiger partial charge on any atom is 0.119 e. The van der Waals surface area contributed by atoms with Gasteiger partial charge >= 0.3 is 0 Å². The van der Waals surface area contributed by atoms with Crippen LogP contribution in [0.3, 0.4) is 0 Å². The molecule has 0 radical (unpaired) electrons. The van der Waals surface area contributed by atoms with Crippen LogP contribution in [0.2, 0.25) is 0 Å². The molecule has 0 aromatic heterocycles. The van der Waals surface area contributed by atoms with Crippen molar-refractivity contribution < 1.29 is 10.2 Å². The first-order valence-electron chi connectivity index (χ1n) is 8.13. The monoisotopic (exact) mass is 330 g/mol. The van der Waals surface area contributed by atoms with Crippen molar-refractivity contribution in [2.45, 2.75) is 38.2 Å². The Kier molecular flexibility index (Phi) is 6.00. The highest BCUT2D eigenvalue weighted by molar-refractivity contribution is 7.99. The zero-order valence-corrected chi connectivity index (χ0v) is 15.0. The van der Waals surface area contributed by atoms with E-state index in [0.717, 1.165) is 11.1 Å². The Labute approximate surface area is 143 Å². The number of hydrogen-bond donors (Lipinski definition) is 2. The SMILES string of the molecule is CC(C)C(SC(c1ccccc1O)C(C)C)c1ccccc1O. The van der Waals surface area contributed by atoms with E-state index in [-0.39, 0.29) is 10.5 Å². The molecule has 2 aromatic carbocycles. The minimum absolute atomic E-state index is 0.170. The van der Waals surface area contributed by atoms with Crippen molar-refractivity contribution in [2.24, 2.45) is 11.8 Å². The molecule has 23 heavy (non-hydrogen) atoms. The lowest BCUT2D eigenvalue weighted by Gasteiger charge is -2.30. The first-order valence-corrected chi connectivity index (χ1v) is 9.07.